The van der Waals surface area contributed by atoms with Gasteiger partial charge in [-0.05, 0) is 82.6 Å². The maximum absolute atomic E-state index is 13.1. The molecular weight excluding hydrogens is 460 g/mol. The molecule has 1 saturated heterocycles. The first-order valence-corrected chi connectivity index (χ1v) is 12.3. The molecule has 0 aromatic heterocycles. The van der Waals surface area contributed by atoms with Gasteiger partial charge in [0.05, 0.1) is 12.2 Å². The number of benzene rings is 2. The minimum Gasteiger partial charge on any atom is -0.488 e. The maximum Gasteiger partial charge on any atom is 0.338 e. The van der Waals surface area contributed by atoms with Gasteiger partial charge < -0.3 is 30.7 Å². The number of esters is 1. The number of urea groups is 1. The van der Waals surface area contributed by atoms with E-state index in [1.54, 1.807) is 31.2 Å². The minimum atomic E-state index is -0.779. The second kappa shape index (κ2) is 12.4. The molecule has 1 fully saturated rings. The molecule has 1 aliphatic heterocycles. The second-order valence-corrected chi connectivity index (χ2v) is 9.71. The van der Waals surface area contributed by atoms with E-state index >= 15 is 0 Å². The molecule has 3 amide bonds. The summed E-state index contributed by atoms with van der Waals surface area (Å²) < 4.78 is 10.8. The lowest BCUT2D eigenvalue weighted by Gasteiger charge is -2.23. The number of carbonyl (C=O) groups is 3. The molecular formula is C27H36N4O5. The summed E-state index contributed by atoms with van der Waals surface area (Å²) in [5.74, 6) is 0.0679. The number of nitrogens with one attached hydrogen (secondary N) is 4. The topological polar surface area (TPSA) is 118 Å². The molecule has 0 unspecified atom stereocenters. The van der Waals surface area contributed by atoms with Gasteiger partial charge in [0.25, 0.3) is 0 Å². The van der Waals surface area contributed by atoms with Crippen LogP contribution in [0.4, 0.5) is 10.5 Å². The van der Waals surface area contributed by atoms with Crippen LogP contribution >= 0.6 is 0 Å². The summed E-state index contributed by atoms with van der Waals surface area (Å²) in [6.07, 6.45) is 1.16. The fourth-order valence-electron chi connectivity index (χ4n) is 3.80. The number of amides is 3. The van der Waals surface area contributed by atoms with E-state index in [2.05, 4.69) is 21.3 Å². The molecule has 194 valence electrons. The Balaban J connectivity index is 1.66. The Morgan fingerprint density at radius 3 is 2.33 bits per heavy atom. The van der Waals surface area contributed by atoms with Crippen LogP contribution in [0.25, 0.3) is 0 Å². The van der Waals surface area contributed by atoms with Gasteiger partial charge in [0, 0.05) is 24.7 Å². The molecule has 0 aliphatic carbocycles. The van der Waals surface area contributed by atoms with Gasteiger partial charge in [-0.3, -0.25) is 4.79 Å². The van der Waals surface area contributed by atoms with Gasteiger partial charge >= 0.3 is 12.0 Å². The maximum atomic E-state index is 13.1. The highest BCUT2D eigenvalue weighted by atomic mass is 16.5. The van der Waals surface area contributed by atoms with Crippen LogP contribution in [0.1, 0.15) is 50.0 Å². The van der Waals surface area contributed by atoms with E-state index in [0.717, 1.165) is 24.3 Å². The first kappa shape index (κ1) is 27.0. The first-order chi connectivity index (χ1) is 17.1. The number of hydrogen-bond donors (Lipinski definition) is 4. The zero-order chi connectivity index (χ0) is 26.1. The average molecular weight is 497 g/mol. The van der Waals surface area contributed by atoms with Crippen molar-refractivity contribution in [2.75, 3.05) is 25.0 Å². The van der Waals surface area contributed by atoms with E-state index in [1.807, 2.05) is 45.0 Å². The number of rotatable bonds is 9. The van der Waals surface area contributed by atoms with E-state index in [0.29, 0.717) is 24.2 Å². The fourth-order valence-corrected chi connectivity index (χ4v) is 3.80. The highest BCUT2D eigenvalue weighted by molar-refractivity contribution is 5.95. The Labute approximate surface area is 212 Å². The van der Waals surface area contributed by atoms with Crippen molar-refractivity contribution in [1.82, 2.24) is 16.0 Å². The highest BCUT2D eigenvalue weighted by Gasteiger charge is 2.25. The van der Waals surface area contributed by atoms with E-state index in [1.165, 1.54) is 0 Å². The van der Waals surface area contributed by atoms with Gasteiger partial charge in [0.2, 0.25) is 5.91 Å². The van der Waals surface area contributed by atoms with Gasteiger partial charge in [-0.2, -0.15) is 0 Å². The largest absolute Gasteiger partial charge is 0.488 e. The summed E-state index contributed by atoms with van der Waals surface area (Å²) in [6.45, 7) is 9.51. The normalized spacial score (nSPS) is 16.1. The van der Waals surface area contributed by atoms with Crippen LogP contribution in [0, 0.1) is 0 Å². The minimum absolute atomic E-state index is 0.0304. The summed E-state index contributed by atoms with van der Waals surface area (Å²) in [5, 5.41) is 11.8. The third kappa shape index (κ3) is 8.57. The van der Waals surface area contributed by atoms with Crippen LogP contribution < -0.4 is 26.0 Å². The molecule has 0 bridgehead atoms. The zero-order valence-corrected chi connectivity index (χ0v) is 21.4. The van der Waals surface area contributed by atoms with Crippen molar-refractivity contribution in [1.29, 1.82) is 0 Å². The molecule has 0 radical (unpaired) electrons. The number of carbonyl (C=O) groups excluding carboxylic acids is 3. The lowest BCUT2D eigenvalue weighted by atomic mass is 10.0. The molecule has 1 heterocycles. The van der Waals surface area contributed by atoms with E-state index in [9.17, 15) is 14.4 Å². The van der Waals surface area contributed by atoms with E-state index in [-0.39, 0.29) is 24.2 Å². The molecule has 2 atom stereocenters. The number of ether oxygens (including phenoxy) is 2. The van der Waals surface area contributed by atoms with Gasteiger partial charge in [-0.15, -0.1) is 0 Å². The molecule has 2 aromatic rings. The molecule has 3 rings (SSSR count). The summed E-state index contributed by atoms with van der Waals surface area (Å²) in [6, 6.07) is 12.6. The van der Waals surface area contributed by atoms with Crippen molar-refractivity contribution >= 4 is 23.6 Å². The molecule has 1 aliphatic rings. The van der Waals surface area contributed by atoms with Gasteiger partial charge in [-0.25, -0.2) is 9.59 Å². The summed E-state index contributed by atoms with van der Waals surface area (Å²) in [5.41, 5.74) is 1.46. The SMILES string of the molecule is CCOC(=O)c1ccc(NC(=O)N[C@@H](Cc2ccc(OC(C)(C)C)cc2)C(=O)N[C@H]2CCNC2)cc1. The Morgan fingerprint density at radius 1 is 1.06 bits per heavy atom. The van der Waals surface area contributed by atoms with E-state index < -0.39 is 18.0 Å². The molecule has 36 heavy (non-hydrogen) atoms. The molecule has 0 spiro atoms. The van der Waals surface area contributed by atoms with Gasteiger partial charge in [-0.1, -0.05) is 12.1 Å². The van der Waals surface area contributed by atoms with Crippen LogP contribution in [-0.2, 0) is 16.0 Å². The lowest BCUT2D eigenvalue weighted by molar-refractivity contribution is -0.123. The molecule has 0 saturated carbocycles. The van der Waals surface area contributed by atoms with Crippen LogP contribution in [0.2, 0.25) is 0 Å². The van der Waals surface area contributed by atoms with Crippen LogP contribution in [0.5, 0.6) is 5.75 Å². The second-order valence-electron chi connectivity index (χ2n) is 9.71. The monoisotopic (exact) mass is 496 g/mol. The molecule has 9 heteroatoms. The summed E-state index contributed by atoms with van der Waals surface area (Å²) >= 11 is 0. The Morgan fingerprint density at radius 2 is 1.75 bits per heavy atom. The standard InChI is InChI=1S/C27H36N4O5/c1-5-35-25(33)19-8-10-20(11-9-19)30-26(34)31-23(24(32)29-21-14-15-28-17-21)16-18-6-12-22(13-7-18)36-27(2,3)4/h6-13,21,23,28H,5,14-17H2,1-4H3,(H,29,32)(H2,30,31,34)/t21-,23-/m0/s1. The van der Waals surface area contributed by atoms with E-state index in [4.69, 9.17) is 9.47 Å². The lowest BCUT2D eigenvalue weighted by Crippen LogP contribution is -2.52. The predicted octanol–water partition coefficient (Wildman–Crippen LogP) is 3.25. The third-order valence-corrected chi connectivity index (χ3v) is 5.47. The summed E-state index contributed by atoms with van der Waals surface area (Å²) in [4.78, 5) is 37.7. The van der Waals surface area contributed by atoms with Crippen molar-refractivity contribution in [3.8, 4) is 5.75 Å². The van der Waals surface area contributed by atoms with Gasteiger partial charge in [0.1, 0.15) is 17.4 Å². The van der Waals surface area contributed by atoms with Crippen LogP contribution in [0.15, 0.2) is 48.5 Å². The fraction of sp³-hybridized carbons (Fsp3) is 0.444. The quantitative estimate of drug-likeness (QED) is 0.396. The zero-order valence-electron chi connectivity index (χ0n) is 21.4. The molecule has 9 nitrogen and oxygen atoms in total. The predicted molar refractivity (Wildman–Crippen MR) is 138 cm³/mol. The summed E-state index contributed by atoms with van der Waals surface area (Å²) in [7, 11) is 0. The third-order valence-electron chi connectivity index (χ3n) is 5.47. The van der Waals surface area contributed by atoms with Crippen LogP contribution in [-0.4, -0.2) is 55.3 Å². The first-order valence-electron chi connectivity index (χ1n) is 12.3. The van der Waals surface area contributed by atoms with Crippen molar-refractivity contribution in [2.45, 2.75) is 58.2 Å². The van der Waals surface area contributed by atoms with Crippen molar-refractivity contribution in [2.24, 2.45) is 0 Å². The smallest absolute Gasteiger partial charge is 0.338 e. The number of anilines is 1. The highest BCUT2D eigenvalue weighted by Crippen LogP contribution is 2.19. The average Bonchev–Trinajstić information content (AvgIpc) is 3.32. The molecule has 2 aromatic carbocycles. The van der Waals surface area contributed by atoms with Crippen molar-refractivity contribution in [3.05, 3.63) is 59.7 Å². The molecule has 4 N–H and O–H groups in total. The Kier molecular flexibility index (Phi) is 9.30. The van der Waals surface area contributed by atoms with Crippen LogP contribution in [0.3, 0.4) is 0 Å². The van der Waals surface area contributed by atoms with Gasteiger partial charge in [0.15, 0.2) is 0 Å². The Bertz CT molecular complexity index is 1030. The number of hydrogen-bond acceptors (Lipinski definition) is 6. The van der Waals surface area contributed by atoms with Crippen molar-refractivity contribution < 1.29 is 23.9 Å². The Hall–Kier alpha value is -3.59. The van der Waals surface area contributed by atoms with Crippen molar-refractivity contribution in [3.63, 3.8) is 0 Å².